The third-order valence-electron chi connectivity index (χ3n) is 3.13. The molecule has 9 heteroatoms. The Hall–Kier alpha value is -1.00. The van der Waals surface area contributed by atoms with Gasteiger partial charge in [-0.2, -0.15) is 0 Å². The van der Waals surface area contributed by atoms with Gasteiger partial charge in [-0.15, -0.1) is 0 Å². The fourth-order valence-electron chi connectivity index (χ4n) is 2.06. The standard InChI is InChI=1S/C11H16N2O5S2/c1-8-9(6-7-18-8)13-20(16,17)11-5-3-2-4-10(11)19(12,14)15/h2-5,8-9,13H,6-7H2,1H3,(H2,12,14,15). The first-order valence-corrected chi connectivity index (χ1v) is 9.00. The smallest absolute Gasteiger partial charge is 0.242 e. The third kappa shape index (κ3) is 3.18. The summed E-state index contributed by atoms with van der Waals surface area (Å²) in [4.78, 5) is -0.763. The molecular formula is C11H16N2O5S2. The second kappa shape index (κ2) is 5.41. The van der Waals surface area contributed by atoms with Gasteiger partial charge in [0, 0.05) is 6.61 Å². The summed E-state index contributed by atoms with van der Waals surface area (Å²) in [6, 6.07) is 4.85. The second-order valence-electron chi connectivity index (χ2n) is 4.58. The summed E-state index contributed by atoms with van der Waals surface area (Å²) in [6.07, 6.45) is 0.282. The van der Waals surface area contributed by atoms with Crippen molar-refractivity contribution in [1.29, 1.82) is 0 Å². The summed E-state index contributed by atoms with van der Waals surface area (Å²) >= 11 is 0. The van der Waals surface area contributed by atoms with Crippen molar-refractivity contribution in [2.24, 2.45) is 5.14 Å². The minimum absolute atomic E-state index is 0.258. The summed E-state index contributed by atoms with van der Waals surface area (Å²) in [5.41, 5.74) is 0. The molecule has 1 aromatic rings. The molecule has 1 fully saturated rings. The predicted octanol–water partition coefficient (Wildman–Crippen LogP) is -0.210. The molecule has 0 aromatic heterocycles. The zero-order valence-electron chi connectivity index (χ0n) is 10.8. The van der Waals surface area contributed by atoms with Crippen LogP contribution in [-0.2, 0) is 24.8 Å². The molecule has 2 atom stereocenters. The molecule has 0 amide bonds. The van der Waals surface area contributed by atoms with Crippen molar-refractivity contribution in [3.05, 3.63) is 24.3 Å². The molecule has 0 aliphatic carbocycles. The van der Waals surface area contributed by atoms with E-state index in [1.165, 1.54) is 24.3 Å². The lowest BCUT2D eigenvalue weighted by Gasteiger charge is -2.17. The molecule has 0 bridgehead atoms. The molecule has 0 saturated carbocycles. The summed E-state index contributed by atoms with van der Waals surface area (Å²) in [7, 11) is -8.09. The van der Waals surface area contributed by atoms with Crippen LogP contribution in [0.25, 0.3) is 0 Å². The Morgan fingerprint density at radius 3 is 2.30 bits per heavy atom. The van der Waals surface area contributed by atoms with Crippen LogP contribution in [-0.4, -0.2) is 35.6 Å². The predicted molar refractivity (Wildman–Crippen MR) is 72.0 cm³/mol. The van der Waals surface area contributed by atoms with E-state index in [0.29, 0.717) is 13.0 Å². The molecule has 0 radical (unpaired) electrons. The molecule has 2 unspecified atom stereocenters. The fourth-order valence-corrected chi connectivity index (χ4v) is 4.78. The van der Waals surface area contributed by atoms with Crippen molar-refractivity contribution in [2.75, 3.05) is 6.61 Å². The largest absolute Gasteiger partial charge is 0.377 e. The molecule has 112 valence electrons. The summed E-state index contributed by atoms with van der Waals surface area (Å²) in [5.74, 6) is 0. The van der Waals surface area contributed by atoms with Crippen molar-refractivity contribution in [3.8, 4) is 0 Å². The van der Waals surface area contributed by atoms with Crippen LogP contribution in [0.4, 0.5) is 0 Å². The van der Waals surface area contributed by atoms with Gasteiger partial charge in [0.25, 0.3) is 0 Å². The molecule has 7 nitrogen and oxygen atoms in total. The van der Waals surface area contributed by atoms with Crippen LogP contribution in [0.5, 0.6) is 0 Å². The zero-order valence-corrected chi connectivity index (χ0v) is 12.4. The first kappa shape index (κ1) is 15.4. The molecule has 1 saturated heterocycles. The highest BCUT2D eigenvalue weighted by atomic mass is 32.2. The highest BCUT2D eigenvalue weighted by molar-refractivity contribution is 7.92. The van der Waals surface area contributed by atoms with Gasteiger partial charge in [0.05, 0.1) is 12.1 Å². The molecule has 1 heterocycles. The molecule has 1 aliphatic rings. The van der Waals surface area contributed by atoms with Gasteiger partial charge < -0.3 is 4.74 Å². The number of nitrogens with one attached hydrogen (secondary N) is 1. The van der Waals surface area contributed by atoms with E-state index in [4.69, 9.17) is 9.88 Å². The van der Waals surface area contributed by atoms with Crippen LogP contribution in [0.2, 0.25) is 0 Å². The highest BCUT2D eigenvalue weighted by Gasteiger charge is 2.31. The van der Waals surface area contributed by atoms with E-state index in [2.05, 4.69) is 4.72 Å². The van der Waals surface area contributed by atoms with Crippen LogP contribution >= 0.6 is 0 Å². The van der Waals surface area contributed by atoms with Gasteiger partial charge >= 0.3 is 0 Å². The Morgan fingerprint density at radius 1 is 1.20 bits per heavy atom. The van der Waals surface area contributed by atoms with Crippen LogP contribution in [0, 0.1) is 0 Å². The fraction of sp³-hybridized carbons (Fsp3) is 0.455. The summed E-state index contributed by atoms with van der Waals surface area (Å²) in [6.45, 7) is 2.22. The highest BCUT2D eigenvalue weighted by Crippen LogP contribution is 2.21. The maximum Gasteiger partial charge on any atom is 0.242 e. The molecule has 1 aromatic carbocycles. The lowest BCUT2D eigenvalue weighted by molar-refractivity contribution is 0.117. The van der Waals surface area contributed by atoms with E-state index in [-0.39, 0.29) is 17.0 Å². The van der Waals surface area contributed by atoms with E-state index in [9.17, 15) is 16.8 Å². The van der Waals surface area contributed by atoms with E-state index in [1.54, 1.807) is 6.92 Å². The molecule has 3 N–H and O–H groups in total. The Labute approximate surface area is 118 Å². The van der Waals surface area contributed by atoms with Crippen molar-refractivity contribution < 1.29 is 21.6 Å². The normalized spacial score (nSPS) is 23.9. The number of hydrogen-bond acceptors (Lipinski definition) is 5. The topological polar surface area (TPSA) is 116 Å². The summed E-state index contributed by atoms with van der Waals surface area (Å²) < 4.78 is 55.3. The maximum absolute atomic E-state index is 12.3. The first-order valence-electron chi connectivity index (χ1n) is 5.97. The third-order valence-corrected chi connectivity index (χ3v) is 5.77. The molecule has 2 rings (SSSR count). The number of hydrogen-bond donors (Lipinski definition) is 2. The number of rotatable bonds is 4. The molecular weight excluding hydrogens is 304 g/mol. The van der Waals surface area contributed by atoms with Gasteiger partial charge in [0.2, 0.25) is 20.0 Å². The van der Waals surface area contributed by atoms with Crippen LogP contribution in [0.3, 0.4) is 0 Å². The Balaban J connectivity index is 2.40. The van der Waals surface area contributed by atoms with Crippen LogP contribution in [0.15, 0.2) is 34.1 Å². The number of ether oxygens (including phenoxy) is 1. The SMILES string of the molecule is CC1OCCC1NS(=O)(=O)c1ccccc1S(N)(=O)=O. The lowest BCUT2D eigenvalue weighted by Crippen LogP contribution is -2.39. The van der Waals surface area contributed by atoms with E-state index in [0.717, 1.165) is 0 Å². The number of primary sulfonamides is 1. The summed E-state index contributed by atoms with van der Waals surface area (Å²) in [5, 5.41) is 5.05. The van der Waals surface area contributed by atoms with E-state index in [1.807, 2.05) is 0 Å². The average molecular weight is 320 g/mol. The maximum atomic E-state index is 12.3. The minimum atomic E-state index is -4.11. The Morgan fingerprint density at radius 2 is 1.80 bits per heavy atom. The van der Waals surface area contributed by atoms with Crippen LogP contribution in [0.1, 0.15) is 13.3 Å². The average Bonchev–Trinajstić information content (AvgIpc) is 2.73. The van der Waals surface area contributed by atoms with E-state index >= 15 is 0 Å². The van der Waals surface area contributed by atoms with Gasteiger partial charge in [-0.05, 0) is 25.5 Å². The Bertz CT molecular complexity index is 699. The number of sulfonamides is 2. The van der Waals surface area contributed by atoms with Crippen molar-refractivity contribution >= 4 is 20.0 Å². The molecule has 0 spiro atoms. The van der Waals surface area contributed by atoms with Crippen molar-refractivity contribution in [1.82, 2.24) is 4.72 Å². The van der Waals surface area contributed by atoms with E-state index < -0.39 is 24.9 Å². The van der Waals surface area contributed by atoms with Crippen molar-refractivity contribution in [3.63, 3.8) is 0 Å². The Kier molecular flexibility index (Phi) is 4.17. The second-order valence-corrected chi connectivity index (χ2v) is 7.80. The lowest BCUT2D eigenvalue weighted by atomic mass is 10.2. The van der Waals surface area contributed by atoms with Crippen molar-refractivity contribution in [2.45, 2.75) is 35.3 Å². The zero-order chi connectivity index (χ0) is 15.0. The quantitative estimate of drug-likeness (QED) is 0.796. The minimum Gasteiger partial charge on any atom is -0.377 e. The number of benzene rings is 1. The van der Waals surface area contributed by atoms with Gasteiger partial charge in [-0.25, -0.2) is 26.7 Å². The monoisotopic (exact) mass is 320 g/mol. The van der Waals surface area contributed by atoms with Gasteiger partial charge in [0.1, 0.15) is 9.79 Å². The van der Waals surface area contributed by atoms with Gasteiger partial charge in [0.15, 0.2) is 0 Å². The molecule has 1 aliphatic heterocycles. The van der Waals surface area contributed by atoms with Gasteiger partial charge in [-0.1, -0.05) is 12.1 Å². The van der Waals surface area contributed by atoms with Gasteiger partial charge in [-0.3, -0.25) is 0 Å². The van der Waals surface area contributed by atoms with Crippen LogP contribution < -0.4 is 9.86 Å². The molecule has 20 heavy (non-hydrogen) atoms. The first-order chi connectivity index (χ1) is 9.22. The number of nitrogens with two attached hydrogens (primary N) is 1.